The molecule has 2 aliphatic rings. The second-order valence-corrected chi connectivity index (χ2v) is 7.16. The van der Waals surface area contributed by atoms with E-state index in [-0.39, 0.29) is 0 Å². The summed E-state index contributed by atoms with van der Waals surface area (Å²) in [6.45, 7) is 9.92. The monoisotopic (exact) mass is 341 g/mol. The van der Waals surface area contributed by atoms with Crippen molar-refractivity contribution < 1.29 is 9.47 Å². The van der Waals surface area contributed by atoms with Gasteiger partial charge in [-0.1, -0.05) is 0 Å². The third kappa shape index (κ3) is 3.01. The molecule has 0 aliphatic carbocycles. The highest BCUT2D eigenvalue weighted by Gasteiger charge is 2.39. The Morgan fingerprint density at radius 2 is 1.64 bits per heavy atom. The van der Waals surface area contributed by atoms with Crippen LogP contribution in [0.2, 0.25) is 0 Å². The Kier molecular flexibility index (Phi) is 4.42. The first-order chi connectivity index (χ1) is 12.2. The van der Waals surface area contributed by atoms with E-state index in [0.29, 0.717) is 13.2 Å². The number of rotatable bonds is 5. The highest BCUT2D eigenvalue weighted by atomic mass is 16.5. The van der Waals surface area contributed by atoms with Crippen molar-refractivity contribution in [2.45, 2.75) is 13.8 Å². The zero-order chi connectivity index (χ0) is 17.4. The lowest BCUT2D eigenvalue weighted by atomic mass is 10.0. The largest absolute Gasteiger partial charge is 0.490 e. The van der Waals surface area contributed by atoms with Gasteiger partial charge in [0.05, 0.1) is 18.7 Å². The molecule has 2 fully saturated rings. The van der Waals surface area contributed by atoms with Crippen molar-refractivity contribution in [2.24, 2.45) is 11.8 Å². The fraction of sp³-hybridized carbons (Fsp3) is 0.550. The van der Waals surface area contributed by atoms with E-state index in [2.05, 4.69) is 34.0 Å². The van der Waals surface area contributed by atoms with Crippen molar-refractivity contribution in [2.75, 3.05) is 51.3 Å². The molecule has 0 saturated carbocycles. The Bertz CT molecular complexity index is 750. The lowest BCUT2D eigenvalue weighted by molar-refractivity contribution is 0.288. The summed E-state index contributed by atoms with van der Waals surface area (Å²) in [5, 5.41) is 1.16. The second-order valence-electron chi connectivity index (χ2n) is 7.16. The molecular formula is C20H27N3O2. The lowest BCUT2D eigenvalue weighted by Crippen LogP contribution is -2.26. The Morgan fingerprint density at radius 3 is 2.28 bits per heavy atom. The number of anilines is 1. The average molecular weight is 341 g/mol. The molecule has 0 spiro atoms. The predicted octanol–water partition coefficient (Wildman–Crippen LogP) is 3.03. The van der Waals surface area contributed by atoms with Crippen LogP contribution in [-0.4, -0.2) is 56.3 Å². The SMILES string of the molecule is CCOc1cc2nccc(N3C[C@H]4CN(C)C[C@H]4C3)c2cc1OCC. The van der Waals surface area contributed by atoms with E-state index in [9.17, 15) is 0 Å². The smallest absolute Gasteiger partial charge is 0.163 e. The van der Waals surface area contributed by atoms with Gasteiger partial charge in [-0.3, -0.25) is 4.98 Å². The third-order valence-electron chi connectivity index (χ3n) is 5.39. The molecule has 2 atom stereocenters. The summed E-state index contributed by atoms with van der Waals surface area (Å²) in [5.74, 6) is 3.15. The van der Waals surface area contributed by atoms with Gasteiger partial charge in [-0.25, -0.2) is 0 Å². The van der Waals surface area contributed by atoms with Gasteiger partial charge in [0.2, 0.25) is 0 Å². The molecule has 1 aromatic heterocycles. The highest BCUT2D eigenvalue weighted by Crippen LogP contribution is 2.39. The minimum absolute atomic E-state index is 0.619. The van der Waals surface area contributed by atoms with E-state index in [1.807, 2.05) is 26.1 Å². The molecule has 5 heteroatoms. The topological polar surface area (TPSA) is 37.8 Å². The summed E-state index contributed by atoms with van der Waals surface area (Å²) in [7, 11) is 2.23. The van der Waals surface area contributed by atoms with Crippen LogP contribution in [0.25, 0.3) is 10.9 Å². The Labute approximate surface area is 149 Å². The zero-order valence-electron chi connectivity index (χ0n) is 15.4. The molecule has 0 unspecified atom stereocenters. The van der Waals surface area contributed by atoms with Crippen molar-refractivity contribution in [3.8, 4) is 11.5 Å². The molecule has 2 saturated heterocycles. The van der Waals surface area contributed by atoms with Crippen LogP contribution in [0.5, 0.6) is 11.5 Å². The minimum Gasteiger partial charge on any atom is -0.490 e. The summed E-state index contributed by atoms with van der Waals surface area (Å²) in [6, 6.07) is 6.26. The first-order valence-electron chi connectivity index (χ1n) is 9.31. The molecule has 2 aromatic rings. The Balaban J connectivity index is 1.71. The molecule has 2 aliphatic heterocycles. The average Bonchev–Trinajstić information content (AvgIpc) is 3.12. The molecule has 5 nitrogen and oxygen atoms in total. The van der Waals surface area contributed by atoms with E-state index < -0.39 is 0 Å². The van der Waals surface area contributed by atoms with Crippen molar-refractivity contribution in [1.82, 2.24) is 9.88 Å². The quantitative estimate of drug-likeness (QED) is 0.836. The molecule has 25 heavy (non-hydrogen) atoms. The molecule has 1 aromatic carbocycles. The molecule has 0 radical (unpaired) electrons. The van der Waals surface area contributed by atoms with Gasteiger partial charge < -0.3 is 19.3 Å². The minimum atomic E-state index is 0.619. The molecular weight excluding hydrogens is 314 g/mol. The summed E-state index contributed by atoms with van der Waals surface area (Å²) < 4.78 is 11.6. The van der Waals surface area contributed by atoms with E-state index in [1.165, 1.54) is 18.8 Å². The number of fused-ring (bicyclic) bond motifs is 2. The van der Waals surface area contributed by atoms with Crippen LogP contribution in [0, 0.1) is 11.8 Å². The van der Waals surface area contributed by atoms with Crippen LogP contribution < -0.4 is 14.4 Å². The molecule has 4 rings (SSSR count). The van der Waals surface area contributed by atoms with Crippen LogP contribution in [0.15, 0.2) is 24.4 Å². The van der Waals surface area contributed by atoms with Crippen LogP contribution in [0.4, 0.5) is 5.69 Å². The number of ether oxygens (including phenoxy) is 2. The number of nitrogens with zero attached hydrogens (tertiary/aromatic N) is 3. The van der Waals surface area contributed by atoms with E-state index in [0.717, 1.165) is 47.3 Å². The fourth-order valence-electron chi connectivity index (χ4n) is 4.38. The molecule has 134 valence electrons. The summed E-state index contributed by atoms with van der Waals surface area (Å²) in [4.78, 5) is 9.56. The Hall–Kier alpha value is -2.01. The van der Waals surface area contributed by atoms with Gasteiger partial charge >= 0.3 is 0 Å². The van der Waals surface area contributed by atoms with E-state index in [1.54, 1.807) is 0 Å². The molecule has 3 heterocycles. The van der Waals surface area contributed by atoms with Gasteiger partial charge in [0, 0.05) is 49.5 Å². The number of hydrogen-bond donors (Lipinski definition) is 0. The molecule has 0 N–H and O–H groups in total. The number of pyridine rings is 1. The predicted molar refractivity (Wildman–Crippen MR) is 101 cm³/mol. The van der Waals surface area contributed by atoms with Gasteiger partial charge in [-0.05, 0) is 44.9 Å². The molecule has 0 amide bonds. The van der Waals surface area contributed by atoms with Gasteiger partial charge in [0.25, 0.3) is 0 Å². The van der Waals surface area contributed by atoms with Crippen molar-refractivity contribution in [1.29, 1.82) is 0 Å². The van der Waals surface area contributed by atoms with Crippen LogP contribution in [-0.2, 0) is 0 Å². The van der Waals surface area contributed by atoms with Crippen molar-refractivity contribution in [3.63, 3.8) is 0 Å². The van der Waals surface area contributed by atoms with Crippen LogP contribution in [0.3, 0.4) is 0 Å². The third-order valence-corrected chi connectivity index (χ3v) is 5.39. The summed E-state index contributed by atoms with van der Waals surface area (Å²) >= 11 is 0. The lowest BCUT2D eigenvalue weighted by Gasteiger charge is -2.23. The molecule has 0 bridgehead atoms. The fourth-order valence-corrected chi connectivity index (χ4v) is 4.38. The van der Waals surface area contributed by atoms with Gasteiger partial charge in [0.15, 0.2) is 11.5 Å². The standard InChI is InChI=1S/C20H27N3O2/c1-4-24-19-8-16-17(9-20(19)25-5-2)21-7-6-18(16)23-12-14-10-22(3)11-15(14)13-23/h6-9,14-15H,4-5,10-13H2,1-3H3/t14-,15+. The number of aromatic nitrogens is 1. The highest BCUT2D eigenvalue weighted by molar-refractivity contribution is 5.94. The van der Waals surface area contributed by atoms with E-state index >= 15 is 0 Å². The maximum Gasteiger partial charge on any atom is 0.163 e. The number of benzene rings is 1. The Morgan fingerprint density at radius 1 is 1.00 bits per heavy atom. The number of likely N-dealkylation sites (tertiary alicyclic amines) is 1. The van der Waals surface area contributed by atoms with Crippen LogP contribution >= 0.6 is 0 Å². The van der Waals surface area contributed by atoms with Gasteiger partial charge in [-0.2, -0.15) is 0 Å². The second kappa shape index (κ2) is 6.71. The zero-order valence-corrected chi connectivity index (χ0v) is 15.4. The van der Waals surface area contributed by atoms with Crippen LogP contribution in [0.1, 0.15) is 13.8 Å². The van der Waals surface area contributed by atoms with E-state index in [4.69, 9.17) is 9.47 Å². The normalized spacial score (nSPS) is 23.2. The number of hydrogen-bond acceptors (Lipinski definition) is 5. The maximum atomic E-state index is 5.83. The van der Waals surface area contributed by atoms with Crippen molar-refractivity contribution >= 4 is 16.6 Å². The maximum absolute atomic E-state index is 5.83. The summed E-state index contributed by atoms with van der Waals surface area (Å²) in [5.41, 5.74) is 2.24. The summed E-state index contributed by atoms with van der Waals surface area (Å²) in [6.07, 6.45) is 1.91. The first kappa shape index (κ1) is 16.5. The van der Waals surface area contributed by atoms with Gasteiger partial charge in [0.1, 0.15) is 0 Å². The van der Waals surface area contributed by atoms with Crippen molar-refractivity contribution in [3.05, 3.63) is 24.4 Å². The van der Waals surface area contributed by atoms with Gasteiger partial charge in [-0.15, -0.1) is 0 Å². The first-order valence-corrected chi connectivity index (χ1v) is 9.31.